The van der Waals surface area contributed by atoms with E-state index in [-0.39, 0.29) is 0 Å². The van der Waals surface area contributed by atoms with Crippen molar-refractivity contribution in [2.75, 3.05) is 0 Å². The van der Waals surface area contributed by atoms with Crippen LogP contribution in [0.3, 0.4) is 0 Å². The van der Waals surface area contributed by atoms with Crippen LogP contribution in [0.1, 0.15) is 35.1 Å². The van der Waals surface area contributed by atoms with E-state index in [1.54, 1.807) is 0 Å². The minimum atomic E-state index is -0.968. The number of fused-ring (bicyclic) bond motifs is 8. The fraction of sp³-hybridized carbons (Fsp3) is 0.143. The highest BCUT2D eigenvalue weighted by Gasteiger charge is 2.35. The smallest absolute Gasteiger partial charge is 0.144 e. The highest BCUT2D eigenvalue weighted by Crippen LogP contribution is 2.51. The fourth-order valence-corrected chi connectivity index (χ4v) is 5.12. The third-order valence-electron chi connectivity index (χ3n) is 6.57. The molecule has 142 valence electrons. The molecule has 2 aliphatic rings. The summed E-state index contributed by atoms with van der Waals surface area (Å²) in [6.07, 6.45) is 5.08. The standard InChI is InChI=1S/C28H21BO/c1-18-17-25-26(22-13-7-5-11-20(18)22)23-14-8-6-12-21(23)24-15-16-28(29,30-27(24)25)19-9-3-2-4-10-19/h2-16,18H,17H2,1H3/t18?,28-/m0/s1. The van der Waals surface area contributed by atoms with Gasteiger partial charge in [0.2, 0.25) is 0 Å². The van der Waals surface area contributed by atoms with Crippen LogP contribution in [0.25, 0.3) is 28.0 Å². The third kappa shape index (κ3) is 2.43. The normalized spacial score (nSPS) is 21.4. The highest BCUT2D eigenvalue weighted by atomic mass is 16.5. The number of hydrogen-bond donors (Lipinski definition) is 0. The summed E-state index contributed by atoms with van der Waals surface area (Å²) in [6.45, 7) is 2.30. The predicted molar refractivity (Wildman–Crippen MR) is 125 cm³/mol. The third-order valence-corrected chi connectivity index (χ3v) is 6.57. The summed E-state index contributed by atoms with van der Waals surface area (Å²) in [6, 6.07) is 27.5. The highest BCUT2D eigenvalue weighted by molar-refractivity contribution is 6.18. The minimum absolute atomic E-state index is 0.428. The van der Waals surface area contributed by atoms with Crippen LogP contribution >= 0.6 is 0 Å². The molecular weight excluding hydrogens is 363 g/mol. The van der Waals surface area contributed by atoms with Gasteiger partial charge in [0.1, 0.15) is 19.1 Å². The number of ether oxygens (including phenoxy) is 1. The summed E-state index contributed by atoms with van der Waals surface area (Å²) in [7, 11) is 6.79. The van der Waals surface area contributed by atoms with Crippen molar-refractivity contribution in [3.63, 3.8) is 0 Å². The fourth-order valence-electron chi connectivity index (χ4n) is 5.12. The molecule has 1 nitrogen and oxygen atoms in total. The molecule has 1 aliphatic carbocycles. The number of benzene rings is 4. The van der Waals surface area contributed by atoms with Gasteiger partial charge in [0.15, 0.2) is 0 Å². The van der Waals surface area contributed by atoms with Gasteiger partial charge in [-0.3, -0.25) is 0 Å². The van der Waals surface area contributed by atoms with E-state index in [9.17, 15) is 0 Å². The first-order valence-corrected chi connectivity index (χ1v) is 10.6. The van der Waals surface area contributed by atoms with Gasteiger partial charge in [-0.2, -0.15) is 0 Å². The summed E-state index contributed by atoms with van der Waals surface area (Å²) < 4.78 is 6.67. The Morgan fingerprint density at radius 2 is 1.57 bits per heavy atom. The lowest BCUT2D eigenvalue weighted by Gasteiger charge is -2.37. The Labute approximate surface area is 178 Å². The summed E-state index contributed by atoms with van der Waals surface area (Å²) in [5.41, 5.74) is 6.40. The van der Waals surface area contributed by atoms with E-state index in [1.165, 1.54) is 33.0 Å². The summed E-state index contributed by atoms with van der Waals surface area (Å²) in [5.74, 6) is 1.36. The first-order valence-electron chi connectivity index (χ1n) is 10.6. The van der Waals surface area contributed by atoms with E-state index in [4.69, 9.17) is 12.6 Å². The molecule has 0 spiro atoms. The van der Waals surface area contributed by atoms with Crippen molar-refractivity contribution in [1.29, 1.82) is 0 Å². The van der Waals surface area contributed by atoms with Gasteiger partial charge in [-0.05, 0) is 51.4 Å². The molecule has 0 aromatic heterocycles. The van der Waals surface area contributed by atoms with Crippen LogP contribution < -0.4 is 4.74 Å². The second-order valence-corrected chi connectivity index (χ2v) is 8.43. The monoisotopic (exact) mass is 384 g/mol. The van der Waals surface area contributed by atoms with Crippen molar-refractivity contribution in [1.82, 2.24) is 0 Å². The SMILES string of the molecule is [B][C@@]1(c2ccccc2)C=Cc2c(c3c(c4ccccc24)-c2ccccc2C(C)C3)O1. The van der Waals surface area contributed by atoms with E-state index in [1.807, 2.05) is 36.4 Å². The van der Waals surface area contributed by atoms with Crippen LogP contribution in [-0.2, 0) is 11.9 Å². The van der Waals surface area contributed by atoms with Crippen LogP contribution in [0.15, 0.2) is 84.9 Å². The molecule has 1 unspecified atom stereocenters. The molecule has 0 bridgehead atoms. The maximum atomic E-state index is 6.79. The van der Waals surface area contributed by atoms with Gasteiger partial charge in [-0.15, -0.1) is 0 Å². The van der Waals surface area contributed by atoms with Gasteiger partial charge >= 0.3 is 0 Å². The van der Waals surface area contributed by atoms with Crippen LogP contribution in [-0.4, -0.2) is 7.85 Å². The lowest BCUT2D eigenvalue weighted by Crippen LogP contribution is -2.34. The van der Waals surface area contributed by atoms with Gasteiger partial charge < -0.3 is 4.74 Å². The molecule has 4 aromatic rings. The molecule has 0 fully saturated rings. The van der Waals surface area contributed by atoms with E-state index in [2.05, 4.69) is 61.5 Å². The van der Waals surface area contributed by atoms with Crippen molar-refractivity contribution in [2.45, 2.75) is 24.8 Å². The van der Waals surface area contributed by atoms with Crippen molar-refractivity contribution >= 4 is 24.7 Å². The maximum Gasteiger partial charge on any atom is 0.144 e. The Hall–Kier alpha value is -3.26. The van der Waals surface area contributed by atoms with Gasteiger partial charge in [0.05, 0.1) is 0 Å². The molecule has 4 aromatic carbocycles. The molecule has 0 saturated heterocycles. The van der Waals surface area contributed by atoms with Crippen molar-refractivity contribution in [3.8, 4) is 16.9 Å². The molecule has 1 heterocycles. The summed E-state index contributed by atoms with van der Waals surface area (Å²) >= 11 is 0. The molecule has 0 saturated carbocycles. The zero-order valence-electron chi connectivity index (χ0n) is 16.9. The van der Waals surface area contributed by atoms with Gasteiger partial charge in [-0.25, -0.2) is 0 Å². The van der Waals surface area contributed by atoms with Gasteiger partial charge in [0, 0.05) is 11.1 Å². The predicted octanol–water partition coefficient (Wildman–Crippen LogP) is 6.59. The van der Waals surface area contributed by atoms with Crippen molar-refractivity contribution < 1.29 is 4.74 Å². The topological polar surface area (TPSA) is 9.23 Å². The largest absolute Gasteiger partial charge is 0.488 e. The Kier molecular flexibility index (Phi) is 3.74. The van der Waals surface area contributed by atoms with Crippen LogP contribution in [0.4, 0.5) is 0 Å². The minimum Gasteiger partial charge on any atom is -0.488 e. The molecule has 1 aliphatic heterocycles. The second-order valence-electron chi connectivity index (χ2n) is 8.43. The maximum absolute atomic E-state index is 6.79. The lowest BCUT2D eigenvalue weighted by molar-refractivity contribution is 0.204. The molecule has 2 heteroatoms. The van der Waals surface area contributed by atoms with Crippen molar-refractivity contribution in [2.24, 2.45) is 0 Å². The molecule has 0 N–H and O–H groups in total. The van der Waals surface area contributed by atoms with E-state index in [0.717, 1.165) is 23.3 Å². The Bertz CT molecular complexity index is 1320. The number of hydrogen-bond acceptors (Lipinski definition) is 1. The molecule has 2 atom stereocenters. The summed E-state index contributed by atoms with van der Waals surface area (Å²) in [4.78, 5) is 0. The average Bonchev–Trinajstić information content (AvgIpc) is 2.80. The van der Waals surface area contributed by atoms with Crippen LogP contribution in [0.5, 0.6) is 5.75 Å². The van der Waals surface area contributed by atoms with E-state index in [0.29, 0.717) is 5.92 Å². The summed E-state index contributed by atoms with van der Waals surface area (Å²) in [5, 5.41) is 2.49. The molecule has 6 rings (SSSR count). The Morgan fingerprint density at radius 3 is 2.40 bits per heavy atom. The van der Waals surface area contributed by atoms with E-state index < -0.39 is 5.50 Å². The quantitative estimate of drug-likeness (QED) is 0.336. The lowest BCUT2D eigenvalue weighted by atomic mass is 9.71. The van der Waals surface area contributed by atoms with Crippen molar-refractivity contribution in [3.05, 3.63) is 107 Å². The Morgan fingerprint density at radius 1 is 0.867 bits per heavy atom. The van der Waals surface area contributed by atoms with Gasteiger partial charge in [0.25, 0.3) is 0 Å². The number of rotatable bonds is 1. The zero-order valence-corrected chi connectivity index (χ0v) is 16.9. The second kappa shape index (κ2) is 6.37. The molecular formula is C28H21BO. The van der Waals surface area contributed by atoms with E-state index >= 15 is 0 Å². The Balaban J connectivity index is 1.67. The van der Waals surface area contributed by atoms with Crippen LogP contribution in [0.2, 0.25) is 0 Å². The van der Waals surface area contributed by atoms with Crippen LogP contribution in [0, 0.1) is 0 Å². The first kappa shape index (κ1) is 17.6. The molecule has 2 radical (unpaired) electrons. The molecule has 0 amide bonds. The van der Waals surface area contributed by atoms with Gasteiger partial charge in [-0.1, -0.05) is 91.9 Å². The zero-order chi connectivity index (χ0) is 20.3. The first-order chi connectivity index (χ1) is 14.7. The molecule has 30 heavy (non-hydrogen) atoms. The average molecular weight is 384 g/mol.